The van der Waals surface area contributed by atoms with Crippen molar-refractivity contribution in [2.45, 2.75) is 51.0 Å². The molecule has 0 aromatic heterocycles. The number of ether oxygens (including phenoxy) is 1. The van der Waals surface area contributed by atoms with E-state index in [0.29, 0.717) is 25.8 Å². The Morgan fingerprint density at radius 3 is 2.62 bits per heavy atom. The van der Waals surface area contributed by atoms with Gasteiger partial charge in [0.05, 0.1) is 31.0 Å². The van der Waals surface area contributed by atoms with Gasteiger partial charge in [0.1, 0.15) is 6.61 Å². The molecule has 2 rings (SSSR count). The van der Waals surface area contributed by atoms with Crippen LogP contribution in [0.5, 0.6) is 0 Å². The number of aliphatic hydroxyl groups is 1. The van der Waals surface area contributed by atoms with Crippen molar-refractivity contribution in [1.29, 1.82) is 0 Å². The molecule has 1 aliphatic heterocycles. The summed E-state index contributed by atoms with van der Waals surface area (Å²) in [4.78, 5) is 39.6. The smallest absolute Gasteiger partial charge is 0.309 e. The van der Waals surface area contributed by atoms with Gasteiger partial charge in [-0.05, 0) is 44.1 Å². The SMILES string of the molecule is C=CCC[C@H](Cc1ccccc1)C(=O)OCCNC(=O)[C@H](CC=C)CC(=O)N1CCC[C@H]1CO. The third-order valence-electron chi connectivity index (χ3n) is 6.17. The minimum Gasteiger partial charge on any atom is -0.464 e. The van der Waals surface area contributed by atoms with Gasteiger partial charge in [0.2, 0.25) is 11.8 Å². The van der Waals surface area contributed by atoms with Crippen molar-refractivity contribution in [1.82, 2.24) is 10.2 Å². The molecule has 0 saturated carbocycles. The van der Waals surface area contributed by atoms with Crippen molar-refractivity contribution in [3.63, 3.8) is 0 Å². The lowest BCUT2D eigenvalue weighted by molar-refractivity contribution is -0.149. The summed E-state index contributed by atoms with van der Waals surface area (Å²) in [5.74, 6) is -1.50. The Labute approximate surface area is 202 Å². The first-order chi connectivity index (χ1) is 16.5. The van der Waals surface area contributed by atoms with Crippen molar-refractivity contribution < 1.29 is 24.2 Å². The Morgan fingerprint density at radius 2 is 1.94 bits per heavy atom. The molecule has 3 atom stereocenters. The molecule has 0 radical (unpaired) electrons. The van der Waals surface area contributed by atoms with Crippen LogP contribution < -0.4 is 5.32 Å². The summed E-state index contributed by atoms with van der Waals surface area (Å²) in [7, 11) is 0. The van der Waals surface area contributed by atoms with E-state index in [1.54, 1.807) is 17.1 Å². The molecule has 1 aromatic rings. The van der Waals surface area contributed by atoms with Gasteiger partial charge in [0.15, 0.2) is 0 Å². The number of aliphatic hydroxyl groups excluding tert-OH is 1. The lowest BCUT2D eigenvalue weighted by Crippen LogP contribution is -2.41. The third kappa shape index (κ3) is 8.78. The number of hydrogen-bond donors (Lipinski definition) is 2. The number of hydrogen-bond acceptors (Lipinski definition) is 5. The van der Waals surface area contributed by atoms with Crippen molar-refractivity contribution in [2.24, 2.45) is 11.8 Å². The molecule has 1 heterocycles. The molecule has 1 saturated heterocycles. The quantitative estimate of drug-likeness (QED) is 0.233. The van der Waals surface area contributed by atoms with Gasteiger partial charge in [0.25, 0.3) is 0 Å². The van der Waals surface area contributed by atoms with Gasteiger partial charge in [-0.15, -0.1) is 13.2 Å². The topological polar surface area (TPSA) is 95.9 Å². The highest BCUT2D eigenvalue weighted by molar-refractivity contribution is 5.86. The number of allylic oxidation sites excluding steroid dienone is 2. The number of carbonyl (C=O) groups excluding carboxylic acids is 3. The van der Waals surface area contributed by atoms with Gasteiger partial charge in [-0.25, -0.2) is 0 Å². The van der Waals surface area contributed by atoms with Gasteiger partial charge in [0, 0.05) is 13.0 Å². The maximum Gasteiger partial charge on any atom is 0.309 e. The second-order valence-electron chi connectivity index (χ2n) is 8.70. The number of rotatable bonds is 15. The molecule has 1 aromatic carbocycles. The molecule has 2 amide bonds. The molecular weight excluding hydrogens is 432 g/mol. The minimum atomic E-state index is -0.543. The number of carbonyl (C=O) groups is 3. The maximum absolute atomic E-state index is 12.7. The summed E-state index contributed by atoms with van der Waals surface area (Å²) in [5, 5.41) is 12.2. The summed E-state index contributed by atoms with van der Waals surface area (Å²) in [5.41, 5.74) is 1.07. The highest BCUT2D eigenvalue weighted by Gasteiger charge is 2.31. The monoisotopic (exact) mass is 470 g/mol. The first-order valence-electron chi connectivity index (χ1n) is 12.1. The zero-order valence-electron chi connectivity index (χ0n) is 20.0. The summed E-state index contributed by atoms with van der Waals surface area (Å²) in [6.45, 7) is 8.22. The highest BCUT2D eigenvalue weighted by atomic mass is 16.5. The minimum absolute atomic E-state index is 0.0620. The zero-order chi connectivity index (χ0) is 24.8. The Morgan fingerprint density at radius 1 is 1.18 bits per heavy atom. The van der Waals surface area contributed by atoms with Crippen molar-refractivity contribution in [3.8, 4) is 0 Å². The average Bonchev–Trinajstić information content (AvgIpc) is 3.33. The highest BCUT2D eigenvalue weighted by Crippen LogP contribution is 2.21. The van der Waals surface area contributed by atoms with E-state index in [4.69, 9.17) is 4.74 Å². The van der Waals surface area contributed by atoms with Crippen molar-refractivity contribution >= 4 is 17.8 Å². The molecule has 0 unspecified atom stereocenters. The second-order valence-corrected chi connectivity index (χ2v) is 8.70. The summed E-state index contributed by atoms with van der Waals surface area (Å²) in [6.07, 6.45) is 7.45. The molecule has 34 heavy (non-hydrogen) atoms. The number of likely N-dealkylation sites (tertiary alicyclic amines) is 1. The molecule has 2 N–H and O–H groups in total. The number of benzene rings is 1. The van der Waals surface area contributed by atoms with Crippen LogP contribution in [0.1, 0.15) is 44.1 Å². The summed E-state index contributed by atoms with van der Waals surface area (Å²) < 4.78 is 5.44. The molecule has 1 aliphatic rings. The molecule has 0 spiro atoms. The van der Waals surface area contributed by atoms with Gasteiger partial charge in [-0.1, -0.05) is 42.5 Å². The lowest BCUT2D eigenvalue weighted by Gasteiger charge is -2.25. The Kier molecular flexibility index (Phi) is 12.1. The van der Waals surface area contributed by atoms with Gasteiger partial charge in [-0.2, -0.15) is 0 Å². The summed E-state index contributed by atoms with van der Waals surface area (Å²) >= 11 is 0. The van der Waals surface area contributed by atoms with Gasteiger partial charge in [-0.3, -0.25) is 14.4 Å². The third-order valence-corrected chi connectivity index (χ3v) is 6.17. The van der Waals surface area contributed by atoms with Crippen molar-refractivity contribution in [2.75, 3.05) is 26.3 Å². The number of nitrogens with one attached hydrogen (secondary N) is 1. The van der Waals surface area contributed by atoms with Crippen LogP contribution in [0.15, 0.2) is 55.6 Å². The van der Waals surface area contributed by atoms with E-state index in [9.17, 15) is 19.5 Å². The molecule has 0 aliphatic carbocycles. The molecule has 186 valence electrons. The van der Waals surface area contributed by atoms with Crippen LogP contribution in [0, 0.1) is 11.8 Å². The first-order valence-corrected chi connectivity index (χ1v) is 12.1. The van der Waals surface area contributed by atoms with Crippen LogP contribution in [0.4, 0.5) is 0 Å². The van der Waals surface area contributed by atoms with Crippen molar-refractivity contribution in [3.05, 3.63) is 61.2 Å². The van der Waals surface area contributed by atoms with E-state index in [1.165, 1.54) is 0 Å². The number of nitrogens with zero attached hydrogens (tertiary/aromatic N) is 1. The summed E-state index contributed by atoms with van der Waals surface area (Å²) in [6, 6.07) is 9.63. The van der Waals surface area contributed by atoms with E-state index in [2.05, 4.69) is 18.5 Å². The molecule has 0 bridgehead atoms. The Hall–Kier alpha value is -2.93. The average molecular weight is 471 g/mol. The largest absolute Gasteiger partial charge is 0.464 e. The number of esters is 1. The second kappa shape index (κ2) is 15.1. The number of amides is 2. The van der Waals surface area contributed by atoms with E-state index in [0.717, 1.165) is 24.8 Å². The predicted molar refractivity (Wildman–Crippen MR) is 132 cm³/mol. The Bertz CT molecular complexity index is 810. The predicted octanol–water partition coefficient (Wildman–Crippen LogP) is 3.04. The fourth-order valence-corrected chi connectivity index (χ4v) is 4.28. The molecule has 7 nitrogen and oxygen atoms in total. The van der Waals surface area contributed by atoms with Crippen LogP contribution in [0.25, 0.3) is 0 Å². The van der Waals surface area contributed by atoms with Crippen LogP contribution in [0.3, 0.4) is 0 Å². The lowest BCUT2D eigenvalue weighted by atomic mass is 9.95. The van der Waals surface area contributed by atoms with E-state index in [-0.39, 0.29) is 55.9 Å². The normalized spacial score (nSPS) is 17.0. The standard InChI is InChI=1S/C27H38N2O5/c1-3-5-13-23(18-21-11-7-6-8-12-21)27(33)34-17-15-28-26(32)22(10-4-2)19-25(31)29-16-9-14-24(29)20-30/h3-4,6-8,11-12,22-24,30H,1-2,5,9-10,13-20H2,(H,28,32)/t22-,23-,24+/m1/s1. The molecular formula is C27H38N2O5. The van der Waals surface area contributed by atoms with Crippen LogP contribution in [-0.2, 0) is 25.5 Å². The van der Waals surface area contributed by atoms with Gasteiger partial charge < -0.3 is 20.1 Å². The van der Waals surface area contributed by atoms with E-state index in [1.807, 2.05) is 30.3 Å². The van der Waals surface area contributed by atoms with Gasteiger partial charge >= 0.3 is 5.97 Å². The molecule has 7 heteroatoms. The Balaban J connectivity index is 1.81. The van der Waals surface area contributed by atoms with Crippen LogP contribution >= 0.6 is 0 Å². The van der Waals surface area contributed by atoms with E-state index >= 15 is 0 Å². The van der Waals surface area contributed by atoms with Crippen LogP contribution in [-0.4, -0.2) is 60.1 Å². The first kappa shape index (κ1) is 27.3. The fraction of sp³-hybridized carbons (Fsp3) is 0.519. The maximum atomic E-state index is 12.7. The molecule has 1 fully saturated rings. The van der Waals surface area contributed by atoms with E-state index < -0.39 is 5.92 Å². The van der Waals surface area contributed by atoms with Crippen LogP contribution in [0.2, 0.25) is 0 Å². The fourth-order valence-electron chi connectivity index (χ4n) is 4.28. The zero-order valence-corrected chi connectivity index (χ0v) is 20.0.